The van der Waals surface area contributed by atoms with Crippen LogP contribution >= 0.6 is 0 Å². The van der Waals surface area contributed by atoms with E-state index in [1.54, 1.807) is 0 Å². The lowest BCUT2D eigenvalue weighted by Gasteiger charge is -2.15. The number of hydrogen-bond donors (Lipinski definition) is 1. The highest BCUT2D eigenvalue weighted by Gasteiger charge is 2.16. The smallest absolute Gasteiger partial charge is 0.306 e. The van der Waals surface area contributed by atoms with Crippen molar-refractivity contribution in [3.63, 3.8) is 0 Å². The first-order valence-corrected chi connectivity index (χ1v) is 39.9. The van der Waals surface area contributed by atoms with E-state index in [-0.39, 0.29) is 25.2 Å². The lowest BCUT2D eigenvalue weighted by molar-refractivity contribution is -0.161. The van der Waals surface area contributed by atoms with Crippen LogP contribution in [0.5, 0.6) is 0 Å². The van der Waals surface area contributed by atoms with Crippen LogP contribution in [0.15, 0.2) is 24.3 Å². The van der Waals surface area contributed by atoms with Gasteiger partial charge in [-0.1, -0.05) is 411 Å². The molecule has 0 radical (unpaired) electrons. The number of aliphatic hydroxyl groups excluding tert-OH is 1. The Bertz CT molecular complexity index is 1320. The van der Waals surface area contributed by atoms with Gasteiger partial charge in [0.05, 0.1) is 6.61 Å². The van der Waals surface area contributed by atoms with Gasteiger partial charge in [-0.05, 0) is 64.2 Å². The molecule has 0 rings (SSSR count). The maximum absolute atomic E-state index is 12.4. The number of ether oxygens (including phenoxy) is 2. The van der Waals surface area contributed by atoms with Gasteiger partial charge in [0.1, 0.15) is 6.61 Å². The SMILES string of the molecule is CCCCCCCCCC/C=C\CCCCCCCCCCCCCCCCCCCCCCCCCCCCCCCC(=O)OC(CO)COC(=O)CCCCCCCCCCCCCCCCCCCCC/C=C\CCCCCCCCCC. The molecule has 0 saturated carbocycles. The van der Waals surface area contributed by atoms with Gasteiger partial charge in [0, 0.05) is 12.8 Å². The third-order valence-corrected chi connectivity index (χ3v) is 18.7. The zero-order chi connectivity index (χ0) is 61.9. The summed E-state index contributed by atoms with van der Waals surface area (Å²) in [5.74, 6) is -0.560. The van der Waals surface area contributed by atoms with Crippen LogP contribution in [-0.4, -0.2) is 36.4 Å². The minimum atomic E-state index is -0.769. The Balaban J connectivity index is 3.34. The van der Waals surface area contributed by atoms with Gasteiger partial charge in [0.15, 0.2) is 6.10 Å². The second kappa shape index (κ2) is 77.6. The first-order valence-electron chi connectivity index (χ1n) is 39.9. The van der Waals surface area contributed by atoms with Crippen LogP contribution in [0.2, 0.25) is 0 Å². The van der Waals surface area contributed by atoms with E-state index >= 15 is 0 Å². The summed E-state index contributed by atoms with van der Waals surface area (Å²) in [7, 11) is 0. The Kier molecular flexibility index (Phi) is 76.2. The van der Waals surface area contributed by atoms with Crippen LogP contribution in [0.3, 0.4) is 0 Å². The lowest BCUT2D eigenvalue weighted by atomic mass is 10.0. The molecule has 1 N–H and O–H groups in total. The molecule has 0 aliphatic rings. The van der Waals surface area contributed by atoms with Crippen LogP contribution in [0.4, 0.5) is 0 Å². The minimum Gasteiger partial charge on any atom is -0.462 e. The molecule has 0 aliphatic heterocycles. The molecule has 5 nitrogen and oxygen atoms in total. The average molecular weight is 1210 g/mol. The predicted molar refractivity (Wildman–Crippen MR) is 381 cm³/mol. The lowest BCUT2D eigenvalue weighted by Crippen LogP contribution is -2.28. The van der Waals surface area contributed by atoms with Gasteiger partial charge in [0.2, 0.25) is 0 Å². The molecule has 0 heterocycles. The number of unbranched alkanes of at least 4 members (excludes halogenated alkanes) is 64. The van der Waals surface area contributed by atoms with Crippen molar-refractivity contribution in [1.29, 1.82) is 0 Å². The fraction of sp³-hybridized carbons (Fsp3) is 0.926. The van der Waals surface area contributed by atoms with E-state index in [0.29, 0.717) is 12.8 Å². The Labute approximate surface area is 540 Å². The molecule has 0 aromatic rings. The zero-order valence-corrected chi connectivity index (χ0v) is 58.9. The number of esters is 2. The van der Waals surface area contributed by atoms with Crippen molar-refractivity contribution in [2.45, 2.75) is 469 Å². The fourth-order valence-electron chi connectivity index (χ4n) is 12.7. The Hall–Kier alpha value is -1.62. The molecule has 0 fully saturated rings. The number of carbonyl (C=O) groups excluding carboxylic acids is 2. The average Bonchev–Trinajstić information content (AvgIpc) is 3.54. The molecule has 0 aliphatic carbocycles. The van der Waals surface area contributed by atoms with E-state index in [0.717, 1.165) is 32.1 Å². The summed E-state index contributed by atoms with van der Waals surface area (Å²) in [4.78, 5) is 24.7. The molecule has 0 aromatic heterocycles. The first-order chi connectivity index (χ1) is 42.6. The highest BCUT2D eigenvalue weighted by molar-refractivity contribution is 5.70. The first kappa shape index (κ1) is 84.4. The molecule has 0 spiro atoms. The van der Waals surface area contributed by atoms with Crippen molar-refractivity contribution >= 4 is 11.9 Å². The molecular weight excluding hydrogens is 1050 g/mol. The molecule has 86 heavy (non-hydrogen) atoms. The van der Waals surface area contributed by atoms with Gasteiger partial charge in [-0.2, -0.15) is 0 Å². The molecular formula is C81H156O5. The van der Waals surface area contributed by atoms with Crippen molar-refractivity contribution < 1.29 is 24.2 Å². The van der Waals surface area contributed by atoms with Crippen LogP contribution in [0.25, 0.3) is 0 Å². The maximum Gasteiger partial charge on any atom is 0.306 e. The minimum absolute atomic E-state index is 0.0574. The maximum atomic E-state index is 12.4. The van der Waals surface area contributed by atoms with Crippen molar-refractivity contribution in [3.05, 3.63) is 24.3 Å². The number of hydrogen-bond acceptors (Lipinski definition) is 5. The standard InChI is InChI=1S/C81H156O5/c1-3-5-7-9-11-13-15-17-19-21-23-25-27-29-31-33-35-36-37-38-39-40-41-42-43-44-46-48-50-52-54-56-58-60-62-64-66-68-70-72-74-76-81(84)86-79(77-82)78-85-80(83)75-73-71-69-67-65-63-61-59-57-55-53-51-49-47-45-34-32-30-28-26-24-22-20-18-16-14-12-10-8-6-4-2/h21-24,79,82H,3-20,25-78H2,1-2H3/b23-21-,24-22-. The van der Waals surface area contributed by atoms with Gasteiger partial charge < -0.3 is 14.6 Å². The van der Waals surface area contributed by atoms with Crippen molar-refractivity contribution in [1.82, 2.24) is 0 Å². The Morgan fingerprint density at radius 3 is 0.628 bits per heavy atom. The molecule has 5 heteroatoms. The Morgan fingerprint density at radius 1 is 0.256 bits per heavy atom. The van der Waals surface area contributed by atoms with Gasteiger partial charge in [0.25, 0.3) is 0 Å². The number of aliphatic hydroxyl groups is 1. The molecule has 0 amide bonds. The van der Waals surface area contributed by atoms with E-state index in [2.05, 4.69) is 38.2 Å². The summed E-state index contributed by atoms with van der Waals surface area (Å²) >= 11 is 0. The topological polar surface area (TPSA) is 72.8 Å². The third-order valence-electron chi connectivity index (χ3n) is 18.7. The highest BCUT2D eigenvalue weighted by atomic mass is 16.6. The van der Waals surface area contributed by atoms with Crippen LogP contribution in [0, 0.1) is 0 Å². The van der Waals surface area contributed by atoms with E-state index < -0.39 is 6.10 Å². The van der Waals surface area contributed by atoms with Crippen LogP contribution in [0.1, 0.15) is 463 Å². The normalized spacial score (nSPS) is 12.2. The molecule has 0 aromatic carbocycles. The van der Waals surface area contributed by atoms with Gasteiger partial charge >= 0.3 is 11.9 Å². The van der Waals surface area contributed by atoms with E-state index in [4.69, 9.17) is 9.47 Å². The molecule has 0 bridgehead atoms. The van der Waals surface area contributed by atoms with E-state index in [9.17, 15) is 14.7 Å². The largest absolute Gasteiger partial charge is 0.462 e. The van der Waals surface area contributed by atoms with Gasteiger partial charge in [-0.3, -0.25) is 9.59 Å². The van der Waals surface area contributed by atoms with E-state index in [1.165, 1.54) is 405 Å². The number of allylic oxidation sites excluding steroid dienone is 4. The van der Waals surface area contributed by atoms with Gasteiger partial charge in [-0.25, -0.2) is 0 Å². The van der Waals surface area contributed by atoms with Gasteiger partial charge in [-0.15, -0.1) is 0 Å². The molecule has 0 saturated heterocycles. The highest BCUT2D eigenvalue weighted by Crippen LogP contribution is 2.20. The summed E-state index contributed by atoms with van der Waals surface area (Å²) in [5.41, 5.74) is 0. The second-order valence-corrected chi connectivity index (χ2v) is 27.5. The summed E-state index contributed by atoms with van der Waals surface area (Å²) in [6.07, 6.45) is 103. The quantitative estimate of drug-likeness (QED) is 0.0373. The van der Waals surface area contributed by atoms with Crippen molar-refractivity contribution in [3.8, 4) is 0 Å². The fourth-order valence-corrected chi connectivity index (χ4v) is 12.7. The van der Waals surface area contributed by atoms with Crippen LogP contribution < -0.4 is 0 Å². The second-order valence-electron chi connectivity index (χ2n) is 27.5. The molecule has 510 valence electrons. The number of rotatable bonds is 76. The van der Waals surface area contributed by atoms with E-state index in [1.807, 2.05) is 0 Å². The Morgan fingerprint density at radius 2 is 0.430 bits per heavy atom. The predicted octanol–water partition coefficient (Wildman–Crippen LogP) is 27.9. The monoisotopic (exact) mass is 1210 g/mol. The molecule has 1 atom stereocenters. The van der Waals surface area contributed by atoms with Crippen molar-refractivity contribution in [2.75, 3.05) is 13.2 Å². The summed E-state index contributed by atoms with van der Waals surface area (Å²) in [6, 6.07) is 0. The number of carbonyl (C=O) groups is 2. The van der Waals surface area contributed by atoms with Crippen molar-refractivity contribution in [2.24, 2.45) is 0 Å². The third kappa shape index (κ3) is 74.8. The molecule has 1 unspecified atom stereocenters. The summed E-state index contributed by atoms with van der Waals surface area (Å²) < 4.78 is 10.8. The summed E-state index contributed by atoms with van der Waals surface area (Å²) in [6.45, 7) is 4.22. The van der Waals surface area contributed by atoms with Crippen LogP contribution in [-0.2, 0) is 19.1 Å². The zero-order valence-electron chi connectivity index (χ0n) is 58.9. The summed E-state index contributed by atoms with van der Waals surface area (Å²) in [5, 5.41) is 9.72.